The predicted molar refractivity (Wildman–Crippen MR) is 142 cm³/mol. The SMILES string of the molecule is COc1ccc(C(=O)N(C)[C@]2(C(=O)c3ccc(OC(F)(F)F)cc3)CNC[C@H]2c2ccc(Cl)c(Cl)c2)cc1C(F)(F)F. The fourth-order valence-electron chi connectivity index (χ4n) is 5.06. The summed E-state index contributed by atoms with van der Waals surface area (Å²) in [5.41, 5.74) is -2.88. The van der Waals surface area contributed by atoms with Crippen molar-refractivity contribution in [3.05, 3.63) is 93.0 Å². The standard InChI is InChI=1S/C28H22Cl2F6N2O4/c1-38(25(40)17-6-10-23(41-2)19(11-17)27(31,32)33)26(14-37-13-20(26)16-5-9-21(29)22(30)12-16)24(39)15-3-7-18(8-4-15)42-28(34,35)36/h3-12,20,37H,13-14H2,1-2H3/t20-,26+/m0/s1. The van der Waals surface area contributed by atoms with Crippen LogP contribution in [0.2, 0.25) is 10.0 Å². The summed E-state index contributed by atoms with van der Waals surface area (Å²) in [6.45, 7) is 0.00900. The lowest BCUT2D eigenvalue weighted by Gasteiger charge is -2.42. The molecule has 0 spiro atoms. The number of likely N-dealkylation sites (N-methyl/N-ethyl adjacent to an activating group) is 1. The van der Waals surface area contributed by atoms with Crippen LogP contribution in [-0.2, 0) is 6.18 Å². The van der Waals surface area contributed by atoms with Gasteiger partial charge in [-0.3, -0.25) is 9.59 Å². The second-order valence-corrected chi connectivity index (χ2v) is 10.3. The molecular weight excluding hydrogens is 613 g/mol. The molecule has 14 heteroatoms. The van der Waals surface area contributed by atoms with Crippen LogP contribution in [0.5, 0.6) is 11.5 Å². The lowest BCUT2D eigenvalue weighted by molar-refractivity contribution is -0.274. The number of halogens is 8. The van der Waals surface area contributed by atoms with Crippen molar-refractivity contribution < 1.29 is 45.4 Å². The number of alkyl halides is 6. The third kappa shape index (κ3) is 6.16. The topological polar surface area (TPSA) is 67.9 Å². The Kier molecular flexibility index (Phi) is 8.73. The van der Waals surface area contributed by atoms with Crippen LogP contribution in [-0.4, -0.2) is 55.7 Å². The first-order valence-electron chi connectivity index (χ1n) is 12.2. The van der Waals surface area contributed by atoms with Crippen LogP contribution in [0.3, 0.4) is 0 Å². The van der Waals surface area contributed by atoms with Crippen LogP contribution in [0.15, 0.2) is 60.7 Å². The molecule has 2 atom stereocenters. The number of ketones is 1. The fourth-order valence-corrected chi connectivity index (χ4v) is 5.37. The van der Waals surface area contributed by atoms with Gasteiger partial charge in [-0.05, 0) is 60.2 Å². The van der Waals surface area contributed by atoms with Crippen molar-refractivity contribution in [2.24, 2.45) is 0 Å². The molecule has 6 nitrogen and oxygen atoms in total. The maximum absolute atomic E-state index is 14.2. The molecule has 1 aliphatic rings. The average molecular weight is 635 g/mol. The Labute approximate surface area is 246 Å². The van der Waals surface area contributed by atoms with Gasteiger partial charge in [0.2, 0.25) is 0 Å². The number of Topliss-reactive ketones (excluding diaryl/α,β-unsaturated/α-hetero) is 1. The van der Waals surface area contributed by atoms with E-state index in [1.807, 2.05) is 0 Å². The number of nitrogens with one attached hydrogen (secondary N) is 1. The van der Waals surface area contributed by atoms with Crippen molar-refractivity contribution in [1.82, 2.24) is 10.2 Å². The molecular formula is C28H22Cl2F6N2O4. The number of carbonyl (C=O) groups excluding carboxylic acids is 2. The van der Waals surface area contributed by atoms with E-state index in [4.69, 9.17) is 27.9 Å². The first-order chi connectivity index (χ1) is 19.6. The number of amides is 1. The summed E-state index contributed by atoms with van der Waals surface area (Å²) in [4.78, 5) is 29.1. The number of methoxy groups -OCH3 is 1. The Hall–Kier alpha value is -3.48. The van der Waals surface area contributed by atoms with E-state index in [-0.39, 0.29) is 34.3 Å². The number of nitrogens with zero attached hydrogens (tertiary/aromatic N) is 1. The number of hydrogen-bond donors (Lipinski definition) is 1. The molecule has 0 aromatic heterocycles. The molecule has 0 unspecified atom stereocenters. The van der Waals surface area contributed by atoms with E-state index in [0.717, 1.165) is 48.4 Å². The molecule has 1 aliphatic heterocycles. The number of ether oxygens (including phenoxy) is 2. The van der Waals surface area contributed by atoms with Gasteiger partial charge in [-0.15, -0.1) is 13.2 Å². The van der Waals surface area contributed by atoms with Gasteiger partial charge in [-0.2, -0.15) is 13.2 Å². The highest BCUT2D eigenvalue weighted by molar-refractivity contribution is 6.42. The second-order valence-electron chi connectivity index (χ2n) is 9.46. The first kappa shape index (κ1) is 31.5. The summed E-state index contributed by atoms with van der Waals surface area (Å²) in [7, 11) is 2.33. The highest BCUT2D eigenvalue weighted by Gasteiger charge is 2.54. The van der Waals surface area contributed by atoms with Gasteiger partial charge in [-0.1, -0.05) is 29.3 Å². The molecule has 224 valence electrons. The maximum Gasteiger partial charge on any atom is 0.573 e. The van der Waals surface area contributed by atoms with Crippen LogP contribution in [0.25, 0.3) is 0 Å². The lowest BCUT2D eigenvalue weighted by Crippen LogP contribution is -2.59. The highest BCUT2D eigenvalue weighted by atomic mass is 35.5. The minimum absolute atomic E-state index is 0.0661. The number of hydrogen-bond acceptors (Lipinski definition) is 5. The fraction of sp³-hybridized carbons (Fsp3) is 0.286. The van der Waals surface area contributed by atoms with E-state index in [1.165, 1.54) is 19.2 Å². The van der Waals surface area contributed by atoms with Gasteiger partial charge in [0.15, 0.2) is 5.78 Å². The zero-order valence-electron chi connectivity index (χ0n) is 21.9. The molecule has 0 saturated carbocycles. The van der Waals surface area contributed by atoms with E-state index in [2.05, 4.69) is 10.1 Å². The molecule has 42 heavy (non-hydrogen) atoms. The number of rotatable bonds is 7. The van der Waals surface area contributed by atoms with Gasteiger partial charge in [-0.25, -0.2) is 0 Å². The molecule has 1 fully saturated rings. The van der Waals surface area contributed by atoms with E-state index in [1.54, 1.807) is 6.07 Å². The van der Waals surface area contributed by atoms with E-state index < -0.39 is 52.7 Å². The smallest absolute Gasteiger partial charge is 0.496 e. The normalized spacial score (nSPS) is 19.0. The average Bonchev–Trinajstić information content (AvgIpc) is 3.38. The summed E-state index contributed by atoms with van der Waals surface area (Å²) in [5, 5.41) is 3.46. The molecule has 3 aromatic carbocycles. The molecule has 0 bridgehead atoms. The van der Waals surface area contributed by atoms with Crippen LogP contribution in [0.4, 0.5) is 26.3 Å². The van der Waals surface area contributed by atoms with Gasteiger partial charge in [0, 0.05) is 37.2 Å². The van der Waals surface area contributed by atoms with Crippen molar-refractivity contribution in [2.45, 2.75) is 24.0 Å². The Balaban J connectivity index is 1.83. The summed E-state index contributed by atoms with van der Waals surface area (Å²) in [6, 6.07) is 11.5. The zero-order valence-corrected chi connectivity index (χ0v) is 23.4. The lowest BCUT2D eigenvalue weighted by atomic mass is 9.75. The quantitative estimate of drug-likeness (QED) is 0.224. The number of benzene rings is 3. The Morgan fingerprint density at radius 3 is 2.14 bits per heavy atom. The van der Waals surface area contributed by atoms with Crippen LogP contribution in [0, 0.1) is 0 Å². The van der Waals surface area contributed by atoms with E-state index in [0.29, 0.717) is 11.6 Å². The van der Waals surface area contributed by atoms with Crippen LogP contribution < -0.4 is 14.8 Å². The van der Waals surface area contributed by atoms with Crippen molar-refractivity contribution in [2.75, 3.05) is 27.2 Å². The second kappa shape index (κ2) is 11.7. The van der Waals surface area contributed by atoms with Crippen LogP contribution >= 0.6 is 23.2 Å². The van der Waals surface area contributed by atoms with Crippen molar-refractivity contribution in [3.63, 3.8) is 0 Å². The first-order valence-corrected chi connectivity index (χ1v) is 12.9. The van der Waals surface area contributed by atoms with E-state index in [9.17, 15) is 35.9 Å². The van der Waals surface area contributed by atoms with Gasteiger partial charge in [0.1, 0.15) is 17.0 Å². The number of carbonyl (C=O) groups is 2. The largest absolute Gasteiger partial charge is 0.573 e. The van der Waals surface area contributed by atoms with Crippen molar-refractivity contribution >= 4 is 34.9 Å². The van der Waals surface area contributed by atoms with Gasteiger partial charge >= 0.3 is 12.5 Å². The van der Waals surface area contributed by atoms with Gasteiger partial charge in [0.05, 0.1) is 22.7 Å². The van der Waals surface area contributed by atoms with Crippen LogP contribution in [0.1, 0.15) is 37.8 Å². The van der Waals surface area contributed by atoms with Crippen molar-refractivity contribution in [3.8, 4) is 11.5 Å². The summed E-state index contributed by atoms with van der Waals surface area (Å²) in [6.07, 6.45) is -9.80. The summed E-state index contributed by atoms with van der Waals surface area (Å²) in [5.74, 6) is -3.45. The van der Waals surface area contributed by atoms with E-state index >= 15 is 0 Å². The predicted octanol–water partition coefficient (Wildman–Crippen LogP) is 7.00. The third-order valence-corrected chi connectivity index (χ3v) is 7.80. The van der Waals surface area contributed by atoms with Gasteiger partial charge < -0.3 is 19.7 Å². The minimum atomic E-state index is -4.96. The Bertz CT molecular complexity index is 1500. The summed E-state index contributed by atoms with van der Waals surface area (Å²) >= 11 is 12.3. The highest BCUT2D eigenvalue weighted by Crippen LogP contribution is 2.42. The molecule has 1 heterocycles. The molecule has 3 aromatic rings. The molecule has 1 saturated heterocycles. The molecule has 0 radical (unpaired) electrons. The molecule has 4 rings (SSSR count). The maximum atomic E-state index is 14.2. The molecule has 0 aliphatic carbocycles. The monoisotopic (exact) mass is 634 g/mol. The molecule has 1 N–H and O–H groups in total. The zero-order chi connectivity index (χ0) is 31.0. The Morgan fingerprint density at radius 2 is 1.57 bits per heavy atom. The third-order valence-electron chi connectivity index (χ3n) is 7.06. The minimum Gasteiger partial charge on any atom is -0.496 e. The van der Waals surface area contributed by atoms with Gasteiger partial charge in [0.25, 0.3) is 5.91 Å². The van der Waals surface area contributed by atoms with Crippen molar-refractivity contribution in [1.29, 1.82) is 0 Å². The molecule has 1 amide bonds. The Morgan fingerprint density at radius 1 is 0.929 bits per heavy atom. The summed E-state index contributed by atoms with van der Waals surface area (Å²) < 4.78 is 87.9.